The molecular weight excluding hydrogens is 446 g/mol. The van der Waals surface area contributed by atoms with E-state index in [0.29, 0.717) is 23.7 Å². The molecule has 0 amide bonds. The van der Waals surface area contributed by atoms with Gasteiger partial charge in [-0.25, -0.2) is 13.8 Å². The number of ketones is 1. The summed E-state index contributed by atoms with van der Waals surface area (Å²) >= 11 is 0. The molecule has 5 nitrogen and oxygen atoms in total. The zero-order valence-electron chi connectivity index (χ0n) is 20.6. The van der Waals surface area contributed by atoms with Gasteiger partial charge in [0.05, 0.1) is 17.6 Å². The standard InChI is InChI=1S/C28H34F2N4O/c1-20(35)21-10-11-26-25(18-21)31-27(33-16-12-23(13-17-33)32-14-6-3-7-15-32)34(26)19-22-8-4-5-9-24(22)28(2,29)30/h4-5,8-11,18,23H,3,6-7,12-17,19H2,1-2H3. The molecule has 186 valence electrons. The lowest BCUT2D eigenvalue weighted by molar-refractivity contribution is 0.0165. The molecule has 0 atom stereocenters. The third-order valence-electron chi connectivity index (χ3n) is 7.61. The Kier molecular flexibility index (Phi) is 6.62. The van der Waals surface area contributed by atoms with Gasteiger partial charge in [-0.3, -0.25) is 4.79 Å². The van der Waals surface area contributed by atoms with E-state index < -0.39 is 5.92 Å². The molecule has 0 spiro atoms. The van der Waals surface area contributed by atoms with E-state index in [9.17, 15) is 13.6 Å². The Morgan fingerprint density at radius 2 is 1.74 bits per heavy atom. The van der Waals surface area contributed by atoms with Gasteiger partial charge in [-0.05, 0) is 69.5 Å². The molecule has 0 saturated carbocycles. The zero-order chi connectivity index (χ0) is 24.6. The van der Waals surface area contributed by atoms with Crippen LogP contribution in [0.15, 0.2) is 42.5 Å². The van der Waals surface area contributed by atoms with Crippen LogP contribution in [-0.2, 0) is 12.5 Å². The van der Waals surface area contributed by atoms with Gasteiger partial charge in [0.25, 0.3) is 5.92 Å². The van der Waals surface area contributed by atoms with Crippen LogP contribution in [0, 0.1) is 0 Å². The predicted molar refractivity (Wildman–Crippen MR) is 136 cm³/mol. The van der Waals surface area contributed by atoms with Crippen LogP contribution in [0.25, 0.3) is 11.0 Å². The van der Waals surface area contributed by atoms with Crippen LogP contribution in [0.1, 0.15) is 67.4 Å². The number of carbonyl (C=O) groups excluding carboxylic acids is 1. The summed E-state index contributed by atoms with van der Waals surface area (Å²) in [5, 5.41) is 0. The van der Waals surface area contributed by atoms with Crippen molar-refractivity contribution in [1.82, 2.24) is 14.5 Å². The van der Waals surface area contributed by atoms with Gasteiger partial charge >= 0.3 is 0 Å². The van der Waals surface area contributed by atoms with Gasteiger partial charge in [0.1, 0.15) is 0 Å². The molecule has 0 radical (unpaired) electrons. The highest BCUT2D eigenvalue weighted by Gasteiger charge is 2.30. The van der Waals surface area contributed by atoms with E-state index in [1.165, 1.54) is 38.4 Å². The fourth-order valence-electron chi connectivity index (χ4n) is 5.70. The third kappa shape index (κ3) is 4.96. The SMILES string of the molecule is CC(=O)c1ccc2c(c1)nc(N1CCC(N3CCCCC3)CC1)n2Cc1ccccc1C(C)(F)F. The van der Waals surface area contributed by atoms with E-state index in [0.717, 1.165) is 49.8 Å². The summed E-state index contributed by atoms with van der Waals surface area (Å²) in [6.07, 6.45) is 6.06. The number of aromatic nitrogens is 2. The number of anilines is 1. The first-order valence-electron chi connectivity index (χ1n) is 12.8. The fourth-order valence-corrected chi connectivity index (χ4v) is 5.70. The minimum absolute atomic E-state index is 0.0127. The fraction of sp³-hybridized carbons (Fsp3) is 0.500. The normalized spacial score (nSPS) is 18.3. The van der Waals surface area contributed by atoms with E-state index in [4.69, 9.17) is 4.98 Å². The van der Waals surface area contributed by atoms with Gasteiger partial charge in [-0.2, -0.15) is 0 Å². The smallest absolute Gasteiger partial charge is 0.270 e. The van der Waals surface area contributed by atoms with Crippen LogP contribution in [0.5, 0.6) is 0 Å². The molecule has 0 unspecified atom stereocenters. The Hall–Kier alpha value is -2.80. The summed E-state index contributed by atoms with van der Waals surface area (Å²) in [6, 6.07) is 12.9. The van der Waals surface area contributed by atoms with Crippen molar-refractivity contribution < 1.29 is 13.6 Å². The van der Waals surface area contributed by atoms with Crippen LogP contribution in [0.4, 0.5) is 14.7 Å². The van der Waals surface area contributed by atoms with Gasteiger partial charge in [0.15, 0.2) is 5.78 Å². The quantitative estimate of drug-likeness (QED) is 0.415. The Morgan fingerprint density at radius 1 is 1.03 bits per heavy atom. The molecule has 2 aliphatic rings. The van der Waals surface area contributed by atoms with Crippen molar-refractivity contribution in [2.75, 3.05) is 31.1 Å². The summed E-state index contributed by atoms with van der Waals surface area (Å²) in [5.74, 6) is -2.14. The van der Waals surface area contributed by atoms with Crippen molar-refractivity contribution in [3.05, 3.63) is 59.2 Å². The van der Waals surface area contributed by atoms with Gasteiger partial charge in [-0.15, -0.1) is 0 Å². The Balaban J connectivity index is 1.49. The Morgan fingerprint density at radius 3 is 2.43 bits per heavy atom. The second-order valence-corrected chi connectivity index (χ2v) is 10.1. The number of hydrogen-bond acceptors (Lipinski definition) is 4. The van der Waals surface area contributed by atoms with Crippen molar-refractivity contribution in [2.24, 2.45) is 0 Å². The molecule has 3 aromatic rings. The number of imidazole rings is 1. The molecule has 1 aromatic heterocycles. The van der Waals surface area contributed by atoms with Crippen molar-refractivity contribution in [3.8, 4) is 0 Å². The molecule has 2 aliphatic heterocycles. The molecule has 2 saturated heterocycles. The molecule has 3 heterocycles. The van der Waals surface area contributed by atoms with Crippen LogP contribution >= 0.6 is 0 Å². The lowest BCUT2D eigenvalue weighted by atomic mass is 10.00. The number of hydrogen-bond donors (Lipinski definition) is 0. The molecule has 0 N–H and O–H groups in total. The number of likely N-dealkylation sites (tertiary alicyclic amines) is 1. The lowest BCUT2D eigenvalue weighted by Crippen LogP contribution is -2.47. The maximum atomic E-state index is 14.4. The highest BCUT2D eigenvalue weighted by atomic mass is 19.3. The highest BCUT2D eigenvalue weighted by molar-refractivity contribution is 5.97. The van der Waals surface area contributed by atoms with Crippen LogP contribution in [-0.4, -0.2) is 52.5 Å². The number of nitrogens with zero attached hydrogens (tertiary/aromatic N) is 4. The average molecular weight is 481 g/mol. The minimum atomic E-state index is -2.93. The molecule has 2 aromatic carbocycles. The van der Waals surface area contributed by atoms with Gasteiger partial charge in [0.2, 0.25) is 5.95 Å². The van der Waals surface area contributed by atoms with E-state index >= 15 is 0 Å². The van der Waals surface area contributed by atoms with Crippen molar-refractivity contribution >= 4 is 22.8 Å². The van der Waals surface area contributed by atoms with Crippen LogP contribution in [0.2, 0.25) is 0 Å². The second kappa shape index (κ2) is 9.69. The molecule has 5 rings (SSSR count). The predicted octanol–water partition coefficient (Wildman–Crippen LogP) is 5.85. The molecule has 2 fully saturated rings. The van der Waals surface area contributed by atoms with Gasteiger partial charge in [0, 0.05) is 37.2 Å². The minimum Gasteiger partial charge on any atom is -0.342 e. The van der Waals surface area contributed by atoms with Crippen molar-refractivity contribution in [3.63, 3.8) is 0 Å². The number of alkyl halides is 2. The zero-order valence-corrected chi connectivity index (χ0v) is 20.6. The number of fused-ring (bicyclic) bond motifs is 1. The topological polar surface area (TPSA) is 41.4 Å². The van der Waals surface area contributed by atoms with E-state index in [1.807, 2.05) is 16.7 Å². The maximum Gasteiger partial charge on any atom is 0.270 e. The second-order valence-electron chi connectivity index (χ2n) is 10.1. The summed E-state index contributed by atoms with van der Waals surface area (Å²) < 4.78 is 30.8. The van der Waals surface area contributed by atoms with Crippen molar-refractivity contribution in [1.29, 1.82) is 0 Å². The molecule has 0 aliphatic carbocycles. The number of rotatable bonds is 6. The van der Waals surface area contributed by atoms with E-state index in [1.54, 1.807) is 31.2 Å². The molecular formula is C28H34F2N4O. The van der Waals surface area contributed by atoms with Crippen molar-refractivity contribution in [2.45, 2.75) is 64.5 Å². The average Bonchev–Trinajstić information content (AvgIpc) is 3.22. The number of piperidine rings is 2. The highest BCUT2D eigenvalue weighted by Crippen LogP contribution is 2.33. The number of Topliss-reactive ketones (excluding diaryl/α,β-unsaturated/α-hetero) is 1. The number of halogens is 2. The first kappa shape index (κ1) is 23.9. The first-order valence-corrected chi connectivity index (χ1v) is 12.8. The summed E-state index contributed by atoms with van der Waals surface area (Å²) in [7, 11) is 0. The van der Waals surface area contributed by atoms with E-state index in [2.05, 4.69) is 9.80 Å². The molecule has 7 heteroatoms. The van der Waals surface area contributed by atoms with Gasteiger partial charge in [-0.1, -0.05) is 30.7 Å². The first-order chi connectivity index (χ1) is 16.8. The van der Waals surface area contributed by atoms with Crippen LogP contribution < -0.4 is 4.90 Å². The maximum absolute atomic E-state index is 14.4. The number of benzene rings is 2. The Bertz CT molecular complexity index is 1200. The molecule has 0 bridgehead atoms. The summed E-state index contributed by atoms with van der Waals surface area (Å²) in [5.41, 5.74) is 2.82. The van der Waals surface area contributed by atoms with Gasteiger partial charge < -0.3 is 14.4 Å². The number of carbonyl (C=O) groups is 1. The third-order valence-corrected chi connectivity index (χ3v) is 7.61. The lowest BCUT2D eigenvalue weighted by Gasteiger charge is -2.40. The Labute approximate surface area is 205 Å². The monoisotopic (exact) mass is 480 g/mol. The summed E-state index contributed by atoms with van der Waals surface area (Å²) in [4.78, 5) is 21.9. The molecule has 35 heavy (non-hydrogen) atoms. The van der Waals surface area contributed by atoms with Crippen LogP contribution in [0.3, 0.4) is 0 Å². The largest absolute Gasteiger partial charge is 0.342 e. The van der Waals surface area contributed by atoms with E-state index in [-0.39, 0.29) is 11.3 Å². The summed E-state index contributed by atoms with van der Waals surface area (Å²) in [6.45, 7) is 6.95.